The van der Waals surface area contributed by atoms with E-state index < -0.39 is 0 Å². The van der Waals surface area contributed by atoms with E-state index in [4.69, 9.17) is 0 Å². The van der Waals surface area contributed by atoms with Crippen molar-refractivity contribution >= 4 is 6.29 Å². The Bertz CT molecular complexity index is 92.6. The maximum absolute atomic E-state index is 9.81. The Morgan fingerprint density at radius 2 is 2.25 bits per heavy atom. The Balaban J connectivity index is 3.44. The van der Waals surface area contributed by atoms with E-state index in [1.54, 1.807) is 6.08 Å². The van der Waals surface area contributed by atoms with Gasteiger partial charge in [0, 0.05) is 0 Å². The molecule has 0 aliphatic carbocycles. The molecule has 0 aliphatic heterocycles. The first-order valence-electron chi connectivity index (χ1n) is 2.92. The zero-order valence-corrected chi connectivity index (χ0v) is 5.48. The number of rotatable bonds is 3. The van der Waals surface area contributed by atoms with Crippen molar-refractivity contribution < 1.29 is 4.79 Å². The predicted octanol–water partition coefficient (Wildman–Crippen LogP) is 1.93. The van der Waals surface area contributed by atoms with E-state index in [0.29, 0.717) is 0 Å². The van der Waals surface area contributed by atoms with Crippen molar-refractivity contribution in [2.75, 3.05) is 0 Å². The van der Waals surface area contributed by atoms with Gasteiger partial charge in [-0.15, -0.1) is 0 Å². The Kier molecular flexibility index (Phi) is 4.23. The largest absolute Gasteiger partial charge is 0.299 e. The molecule has 1 nitrogen and oxygen atoms in total. The average Bonchev–Trinajstić information content (AvgIpc) is 1.68. The van der Waals surface area contributed by atoms with Crippen molar-refractivity contribution in [1.82, 2.24) is 0 Å². The zero-order chi connectivity index (χ0) is 6.41. The molecule has 0 radical (unpaired) electrons. The maximum Gasteiger partial charge on any atom is 0.142 e. The minimum Gasteiger partial charge on any atom is -0.299 e. The van der Waals surface area contributed by atoms with Gasteiger partial charge in [0.05, 0.1) is 0 Å². The lowest BCUT2D eigenvalue weighted by molar-refractivity contribution is -0.104. The van der Waals surface area contributed by atoms with Gasteiger partial charge in [0.1, 0.15) is 6.29 Å². The number of hydrogen-bond acceptors (Lipinski definition) is 1. The second-order valence-electron chi connectivity index (χ2n) is 1.90. The summed E-state index contributed by atoms with van der Waals surface area (Å²) in [5.74, 6) is 0. The lowest BCUT2D eigenvalue weighted by Gasteiger charge is -1.90. The fourth-order valence-electron chi connectivity index (χ4n) is 0.594. The van der Waals surface area contributed by atoms with E-state index in [1.165, 1.54) is 5.57 Å². The van der Waals surface area contributed by atoms with Crippen LogP contribution in [-0.2, 0) is 4.79 Å². The number of allylic oxidation sites excluding steroid dienone is 2. The topological polar surface area (TPSA) is 17.1 Å². The van der Waals surface area contributed by atoms with Gasteiger partial charge in [-0.1, -0.05) is 18.9 Å². The van der Waals surface area contributed by atoms with Crippen molar-refractivity contribution in [3.05, 3.63) is 11.6 Å². The Labute approximate surface area is 50.4 Å². The van der Waals surface area contributed by atoms with Crippen LogP contribution in [0.15, 0.2) is 11.6 Å². The highest BCUT2D eigenvalue weighted by atomic mass is 16.1. The van der Waals surface area contributed by atoms with Crippen molar-refractivity contribution in [3.8, 4) is 0 Å². The SMILES string of the molecule is CCC/C(C)=C/C=O. The molecule has 0 bridgehead atoms. The second-order valence-corrected chi connectivity index (χ2v) is 1.90. The van der Waals surface area contributed by atoms with Gasteiger partial charge in [0.15, 0.2) is 0 Å². The molecule has 0 amide bonds. The Morgan fingerprint density at radius 3 is 2.62 bits per heavy atom. The molecule has 1 heteroatoms. The third-order valence-corrected chi connectivity index (χ3v) is 0.997. The van der Waals surface area contributed by atoms with Crippen molar-refractivity contribution in [2.45, 2.75) is 26.7 Å². The third-order valence-electron chi connectivity index (χ3n) is 0.997. The molecular weight excluding hydrogens is 100 g/mol. The number of carbonyl (C=O) groups excluding carboxylic acids is 1. The van der Waals surface area contributed by atoms with Crippen LogP contribution in [0.1, 0.15) is 26.7 Å². The third kappa shape index (κ3) is 3.59. The molecule has 0 spiro atoms. The molecule has 0 aromatic rings. The highest BCUT2D eigenvalue weighted by Crippen LogP contribution is 2.00. The summed E-state index contributed by atoms with van der Waals surface area (Å²) in [4.78, 5) is 9.81. The van der Waals surface area contributed by atoms with Crippen LogP contribution in [0.25, 0.3) is 0 Å². The summed E-state index contributed by atoms with van der Waals surface area (Å²) < 4.78 is 0. The van der Waals surface area contributed by atoms with Crippen LogP contribution in [-0.4, -0.2) is 6.29 Å². The molecule has 8 heavy (non-hydrogen) atoms. The van der Waals surface area contributed by atoms with Crippen LogP contribution < -0.4 is 0 Å². The molecule has 0 saturated carbocycles. The smallest absolute Gasteiger partial charge is 0.142 e. The molecule has 0 aromatic heterocycles. The van der Waals surface area contributed by atoms with Gasteiger partial charge >= 0.3 is 0 Å². The van der Waals surface area contributed by atoms with E-state index in [9.17, 15) is 4.79 Å². The van der Waals surface area contributed by atoms with E-state index in [2.05, 4.69) is 6.92 Å². The lowest BCUT2D eigenvalue weighted by Crippen LogP contribution is -1.74. The van der Waals surface area contributed by atoms with Crippen molar-refractivity contribution in [2.24, 2.45) is 0 Å². The molecule has 46 valence electrons. The Hall–Kier alpha value is -0.590. The molecule has 0 aromatic carbocycles. The molecule has 0 unspecified atom stereocenters. The fraction of sp³-hybridized carbons (Fsp3) is 0.571. The lowest BCUT2D eigenvalue weighted by atomic mass is 10.2. The highest BCUT2D eigenvalue weighted by molar-refractivity contribution is 5.65. The Morgan fingerprint density at radius 1 is 1.62 bits per heavy atom. The van der Waals surface area contributed by atoms with Gasteiger partial charge in [0.25, 0.3) is 0 Å². The van der Waals surface area contributed by atoms with Crippen molar-refractivity contribution in [1.29, 1.82) is 0 Å². The summed E-state index contributed by atoms with van der Waals surface area (Å²) in [6.45, 7) is 4.07. The number of aldehydes is 1. The molecule has 0 fully saturated rings. The quantitative estimate of drug-likeness (QED) is 0.402. The first-order valence-corrected chi connectivity index (χ1v) is 2.92. The first kappa shape index (κ1) is 7.41. The van der Waals surface area contributed by atoms with Crippen molar-refractivity contribution in [3.63, 3.8) is 0 Å². The summed E-state index contributed by atoms with van der Waals surface area (Å²) in [5.41, 5.74) is 1.17. The number of carbonyl (C=O) groups is 1. The predicted molar refractivity (Wildman–Crippen MR) is 34.7 cm³/mol. The van der Waals surface area contributed by atoms with Gasteiger partial charge in [-0.25, -0.2) is 0 Å². The van der Waals surface area contributed by atoms with Gasteiger partial charge < -0.3 is 0 Å². The molecular formula is C7H12O. The minimum absolute atomic E-state index is 0.838. The molecule has 0 heterocycles. The van der Waals surface area contributed by atoms with Gasteiger partial charge in [-0.05, 0) is 19.4 Å². The number of hydrogen-bond donors (Lipinski definition) is 0. The standard InChI is InChI=1S/C7H12O/c1-3-4-7(2)5-6-8/h5-6H,3-4H2,1-2H3/b7-5+. The molecule has 0 aliphatic rings. The molecule has 0 rings (SSSR count). The highest BCUT2D eigenvalue weighted by Gasteiger charge is 1.82. The van der Waals surface area contributed by atoms with E-state index >= 15 is 0 Å². The van der Waals surface area contributed by atoms with E-state index in [1.807, 2.05) is 6.92 Å². The second kappa shape index (κ2) is 4.57. The fourth-order valence-corrected chi connectivity index (χ4v) is 0.594. The van der Waals surface area contributed by atoms with Gasteiger partial charge in [-0.3, -0.25) is 4.79 Å². The van der Waals surface area contributed by atoms with Crippen LogP contribution >= 0.6 is 0 Å². The summed E-state index contributed by atoms with van der Waals surface area (Å²) in [6.07, 6.45) is 4.61. The normalized spacial score (nSPS) is 11.5. The van der Waals surface area contributed by atoms with Crippen LogP contribution in [0.5, 0.6) is 0 Å². The molecule has 0 atom stereocenters. The maximum atomic E-state index is 9.81. The van der Waals surface area contributed by atoms with Crippen LogP contribution in [0.4, 0.5) is 0 Å². The first-order chi connectivity index (χ1) is 3.81. The summed E-state index contributed by atoms with van der Waals surface area (Å²) >= 11 is 0. The van der Waals surface area contributed by atoms with Crippen LogP contribution in [0.3, 0.4) is 0 Å². The zero-order valence-electron chi connectivity index (χ0n) is 5.48. The molecule has 0 saturated heterocycles. The minimum atomic E-state index is 0.838. The average molecular weight is 112 g/mol. The summed E-state index contributed by atoms with van der Waals surface area (Å²) in [7, 11) is 0. The summed E-state index contributed by atoms with van der Waals surface area (Å²) in [5, 5.41) is 0. The van der Waals surface area contributed by atoms with Crippen LogP contribution in [0.2, 0.25) is 0 Å². The van der Waals surface area contributed by atoms with Crippen LogP contribution in [0, 0.1) is 0 Å². The monoisotopic (exact) mass is 112 g/mol. The van der Waals surface area contributed by atoms with E-state index in [0.717, 1.165) is 19.1 Å². The van der Waals surface area contributed by atoms with E-state index in [-0.39, 0.29) is 0 Å². The van der Waals surface area contributed by atoms with Gasteiger partial charge in [-0.2, -0.15) is 0 Å². The van der Waals surface area contributed by atoms with Gasteiger partial charge in [0.2, 0.25) is 0 Å². The summed E-state index contributed by atoms with van der Waals surface area (Å²) in [6, 6.07) is 0. The molecule has 0 N–H and O–H groups in total.